The fourth-order valence-electron chi connectivity index (χ4n) is 3.33. The number of halogens is 4. The molecule has 0 saturated carbocycles. The average molecular weight is 537 g/mol. The lowest BCUT2D eigenvalue weighted by Crippen LogP contribution is -2.40. The summed E-state index contributed by atoms with van der Waals surface area (Å²) in [6.07, 6.45) is -1.81. The SMILES string of the molecule is CN=C(NCc1coc(-c2ccc(C)cc2)n1)NCC1CCN(CC(F)(F)F)C1.I. The van der Waals surface area contributed by atoms with Crippen LogP contribution in [0.4, 0.5) is 13.2 Å². The Hall–Kier alpha value is -1.82. The second-order valence-corrected chi connectivity index (χ2v) is 7.32. The molecule has 30 heavy (non-hydrogen) atoms. The lowest BCUT2D eigenvalue weighted by molar-refractivity contribution is -0.143. The summed E-state index contributed by atoms with van der Waals surface area (Å²) in [4.78, 5) is 10.1. The van der Waals surface area contributed by atoms with E-state index in [0.717, 1.165) is 17.7 Å². The highest BCUT2D eigenvalue weighted by atomic mass is 127. The molecule has 2 aromatic rings. The highest BCUT2D eigenvalue weighted by molar-refractivity contribution is 14.0. The lowest BCUT2D eigenvalue weighted by Gasteiger charge is -2.18. The van der Waals surface area contributed by atoms with E-state index >= 15 is 0 Å². The average Bonchev–Trinajstić information content (AvgIpc) is 3.31. The number of likely N-dealkylation sites (tertiary alicyclic amines) is 1. The molecule has 1 aromatic heterocycles. The zero-order valence-electron chi connectivity index (χ0n) is 17.0. The van der Waals surface area contributed by atoms with Gasteiger partial charge >= 0.3 is 6.18 Å². The van der Waals surface area contributed by atoms with E-state index in [2.05, 4.69) is 20.6 Å². The normalized spacial score (nSPS) is 17.6. The molecule has 1 saturated heterocycles. The van der Waals surface area contributed by atoms with Crippen molar-refractivity contribution in [2.45, 2.75) is 26.1 Å². The second-order valence-electron chi connectivity index (χ2n) is 7.32. The van der Waals surface area contributed by atoms with E-state index in [-0.39, 0.29) is 29.9 Å². The first kappa shape index (κ1) is 24.4. The molecule has 0 aliphatic carbocycles. The van der Waals surface area contributed by atoms with Crippen molar-refractivity contribution in [1.82, 2.24) is 20.5 Å². The first-order chi connectivity index (χ1) is 13.8. The van der Waals surface area contributed by atoms with E-state index in [4.69, 9.17) is 4.42 Å². The van der Waals surface area contributed by atoms with E-state index in [0.29, 0.717) is 38.0 Å². The maximum Gasteiger partial charge on any atom is 0.401 e. The maximum absolute atomic E-state index is 12.5. The van der Waals surface area contributed by atoms with Gasteiger partial charge in [0.15, 0.2) is 5.96 Å². The number of rotatable bonds is 6. The Morgan fingerprint density at radius 3 is 2.67 bits per heavy atom. The van der Waals surface area contributed by atoms with Crippen LogP contribution in [-0.4, -0.2) is 55.2 Å². The van der Waals surface area contributed by atoms with Crippen LogP contribution in [0.15, 0.2) is 39.9 Å². The summed E-state index contributed by atoms with van der Waals surface area (Å²) in [5.41, 5.74) is 2.82. The number of nitrogens with one attached hydrogen (secondary N) is 2. The Labute approximate surface area is 191 Å². The highest BCUT2D eigenvalue weighted by Crippen LogP contribution is 2.22. The van der Waals surface area contributed by atoms with Gasteiger partial charge in [0.25, 0.3) is 0 Å². The smallest absolute Gasteiger partial charge is 0.401 e. The Morgan fingerprint density at radius 2 is 2.00 bits per heavy atom. The molecule has 0 radical (unpaired) electrons. The molecular weight excluding hydrogens is 510 g/mol. The van der Waals surface area contributed by atoms with E-state index in [1.54, 1.807) is 13.3 Å². The third-order valence-corrected chi connectivity index (χ3v) is 4.84. The molecule has 0 spiro atoms. The quantitative estimate of drug-likeness (QED) is 0.334. The predicted molar refractivity (Wildman–Crippen MR) is 121 cm³/mol. The second kappa shape index (κ2) is 11.0. The molecule has 1 aliphatic rings. The summed E-state index contributed by atoms with van der Waals surface area (Å²) in [5.74, 6) is 1.30. The van der Waals surface area contributed by atoms with Crippen molar-refractivity contribution in [3.63, 3.8) is 0 Å². The Bertz CT molecular complexity index is 823. The van der Waals surface area contributed by atoms with Crippen LogP contribution in [-0.2, 0) is 6.54 Å². The van der Waals surface area contributed by atoms with Crippen molar-refractivity contribution in [3.05, 3.63) is 41.8 Å². The number of guanidine groups is 1. The molecule has 1 fully saturated rings. The zero-order chi connectivity index (χ0) is 20.9. The fourth-order valence-corrected chi connectivity index (χ4v) is 3.33. The molecule has 2 N–H and O–H groups in total. The van der Waals surface area contributed by atoms with Gasteiger partial charge in [-0.05, 0) is 37.9 Å². The monoisotopic (exact) mass is 537 g/mol. The Kier molecular flexibility index (Phi) is 8.95. The summed E-state index contributed by atoms with van der Waals surface area (Å²) < 4.78 is 43.0. The van der Waals surface area contributed by atoms with Crippen LogP contribution in [0.2, 0.25) is 0 Å². The summed E-state index contributed by atoms with van der Waals surface area (Å²) in [7, 11) is 1.65. The van der Waals surface area contributed by atoms with Crippen molar-refractivity contribution >= 4 is 29.9 Å². The van der Waals surface area contributed by atoms with E-state index in [1.165, 1.54) is 10.5 Å². The summed E-state index contributed by atoms with van der Waals surface area (Å²) in [6.45, 7) is 3.09. The lowest BCUT2D eigenvalue weighted by atomic mass is 10.1. The van der Waals surface area contributed by atoms with Gasteiger partial charge in [-0.2, -0.15) is 13.2 Å². The van der Waals surface area contributed by atoms with Gasteiger partial charge in [-0.15, -0.1) is 24.0 Å². The maximum atomic E-state index is 12.5. The molecular formula is C20H27F3IN5O. The fraction of sp³-hybridized carbons (Fsp3) is 0.500. The number of oxazole rings is 1. The van der Waals surface area contributed by atoms with Crippen LogP contribution in [0.3, 0.4) is 0 Å². The van der Waals surface area contributed by atoms with Crippen LogP contribution >= 0.6 is 24.0 Å². The first-order valence-electron chi connectivity index (χ1n) is 9.57. The molecule has 10 heteroatoms. The minimum absolute atomic E-state index is 0. The third-order valence-electron chi connectivity index (χ3n) is 4.84. The molecule has 2 heterocycles. The predicted octanol–water partition coefficient (Wildman–Crippen LogP) is 3.82. The molecule has 1 aliphatic heterocycles. The number of aliphatic imine (C=N–C) groups is 1. The molecule has 1 aromatic carbocycles. The molecule has 1 atom stereocenters. The van der Waals surface area contributed by atoms with Crippen LogP contribution in [0.5, 0.6) is 0 Å². The molecule has 3 rings (SSSR count). The molecule has 6 nitrogen and oxygen atoms in total. The summed E-state index contributed by atoms with van der Waals surface area (Å²) >= 11 is 0. The van der Waals surface area contributed by atoms with Gasteiger partial charge in [-0.25, -0.2) is 4.98 Å². The van der Waals surface area contributed by atoms with Gasteiger partial charge in [-0.1, -0.05) is 17.7 Å². The van der Waals surface area contributed by atoms with Crippen molar-refractivity contribution < 1.29 is 17.6 Å². The van der Waals surface area contributed by atoms with Crippen molar-refractivity contribution in [1.29, 1.82) is 0 Å². The number of aryl methyl sites for hydroxylation is 1. The van der Waals surface area contributed by atoms with Crippen LogP contribution in [0.25, 0.3) is 11.5 Å². The number of nitrogens with zero attached hydrogens (tertiary/aromatic N) is 3. The number of aromatic nitrogens is 1. The van der Waals surface area contributed by atoms with Gasteiger partial charge in [-0.3, -0.25) is 9.89 Å². The Balaban J connectivity index is 0.00000320. The Morgan fingerprint density at radius 1 is 1.27 bits per heavy atom. The number of benzene rings is 1. The van der Waals surface area contributed by atoms with Gasteiger partial charge in [0.05, 0.1) is 18.8 Å². The van der Waals surface area contributed by atoms with Gasteiger partial charge in [0, 0.05) is 25.7 Å². The summed E-state index contributed by atoms with van der Waals surface area (Å²) in [5, 5.41) is 6.34. The van der Waals surface area contributed by atoms with Gasteiger partial charge in [0.1, 0.15) is 6.26 Å². The van der Waals surface area contributed by atoms with E-state index in [1.807, 2.05) is 31.2 Å². The van der Waals surface area contributed by atoms with E-state index in [9.17, 15) is 13.2 Å². The summed E-state index contributed by atoms with van der Waals surface area (Å²) in [6, 6.07) is 7.93. The third kappa shape index (κ3) is 7.46. The number of hydrogen-bond acceptors (Lipinski definition) is 4. The standard InChI is InChI=1S/C20H26F3N5O.HI/c1-14-3-5-16(6-4-14)18-27-17(12-29-18)10-26-19(24-2)25-9-15-7-8-28(11-15)13-20(21,22)23;/h3-6,12,15H,7-11,13H2,1-2H3,(H2,24,25,26);1H. The van der Waals surface area contributed by atoms with Crippen molar-refractivity contribution in [2.24, 2.45) is 10.9 Å². The van der Waals surface area contributed by atoms with Gasteiger partial charge in [0.2, 0.25) is 5.89 Å². The van der Waals surface area contributed by atoms with Crippen molar-refractivity contribution in [3.8, 4) is 11.5 Å². The van der Waals surface area contributed by atoms with Crippen LogP contribution in [0, 0.1) is 12.8 Å². The number of alkyl halides is 3. The van der Waals surface area contributed by atoms with Crippen LogP contribution in [0.1, 0.15) is 17.7 Å². The topological polar surface area (TPSA) is 65.7 Å². The molecule has 0 bridgehead atoms. The minimum Gasteiger partial charge on any atom is -0.444 e. The number of hydrogen-bond donors (Lipinski definition) is 2. The van der Waals surface area contributed by atoms with Crippen molar-refractivity contribution in [2.75, 3.05) is 33.2 Å². The molecule has 0 amide bonds. The van der Waals surface area contributed by atoms with Crippen LogP contribution < -0.4 is 10.6 Å². The van der Waals surface area contributed by atoms with E-state index < -0.39 is 12.7 Å². The minimum atomic E-state index is -4.14. The zero-order valence-corrected chi connectivity index (χ0v) is 19.3. The first-order valence-corrected chi connectivity index (χ1v) is 9.57. The molecule has 166 valence electrons. The largest absolute Gasteiger partial charge is 0.444 e. The molecule has 1 unspecified atom stereocenters. The highest BCUT2D eigenvalue weighted by Gasteiger charge is 2.34. The van der Waals surface area contributed by atoms with Gasteiger partial charge < -0.3 is 15.1 Å².